The summed E-state index contributed by atoms with van der Waals surface area (Å²) in [5, 5.41) is 19.8. The second-order valence-corrected chi connectivity index (χ2v) is 5.36. The maximum Gasteiger partial charge on any atom is 0.265 e. The Kier molecular flexibility index (Phi) is 3.29. The number of hydrogen-bond donors (Lipinski definition) is 2. The van der Waals surface area contributed by atoms with Crippen molar-refractivity contribution < 1.29 is 15.0 Å². The van der Waals surface area contributed by atoms with Crippen LogP contribution in [0.15, 0.2) is 36.4 Å². The average Bonchev–Trinajstić information content (AvgIpc) is 2.46. The van der Waals surface area contributed by atoms with Gasteiger partial charge in [-0.05, 0) is 43.5 Å². The van der Waals surface area contributed by atoms with Gasteiger partial charge in [0.15, 0.2) is 0 Å². The molecule has 0 bridgehead atoms. The zero-order chi connectivity index (χ0) is 15.0. The molecular formula is C17H17NO3. The van der Waals surface area contributed by atoms with Gasteiger partial charge in [0, 0.05) is 12.2 Å². The largest absolute Gasteiger partial charge is 0.507 e. The quantitative estimate of drug-likeness (QED) is 0.845. The minimum absolute atomic E-state index is 0.0362. The molecule has 0 aromatic heterocycles. The van der Waals surface area contributed by atoms with Gasteiger partial charge in [0.2, 0.25) is 0 Å². The number of aromatic hydroxyl groups is 2. The van der Waals surface area contributed by atoms with Crippen LogP contribution in [-0.4, -0.2) is 22.7 Å². The number of hydrogen-bond acceptors (Lipinski definition) is 3. The van der Waals surface area contributed by atoms with Gasteiger partial charge < -0.3 is 15.1 Å². The lowest BCUT2D eigenvalue weighted by atomic mass is 9.98. The summed E-state index contributed by atoms with van der Waals surface area (Å²) in [4.78, 5) is 14.3. The van der Waals surface area contributed by atoms with Crippen LogP contribution in [0.3, 0.4) is 0 Å². The van der Waals surface area contributed by atoms with Gasteiger partial charge in [0.1, 0.15) is 17.1 Å². The van der Waals surface area contributed by atoms with E-state index in [-0.39, 0.29) is 23.0 Å². The van der Waals surface area contributed by atoms with Crippen LogP contribution < -0.4 is 4.90 Å². The second-order valence-electron chi connectivity index (χ2n) is 5.36. The van der Waals surface area contributed by atoms with E-state index in [1.54, 1.807) is 4.90 Å². The van der Waals surface area contributed by atoms with Crippen molar-refractivity contribution >= 4 is 11.6 Å². The molecule has 0 aliphatic carbocycles. The molecule has 0 unspecified atom stereocenters. The minimum atomic E-state index is -0.365. The number of nitrogens with zero attached hydrogens (tertiary/aromatic N) is 1. The summed E-state index contributed by atoms with van der Waals surface area (Å²) in [6.45, 7) is 2.61. The van der Waals surface area contributed by atoms with Crippen molar-refractivity contribution in [2.24, 2.45) is 0 Å². The molecule has 0 fully saturated rings. The summed E-state index contributed by atoms with van der Waals surface area (Å²) < 4.78 is 0. The first-order valence-corrected chi connectivity index (χ1v) is 7.00. The molecule has 4 nitrogen and oxygen atoms in total. The summed E-state index contributed by atoms with van der Waals surface area (Å²) in [5.74, 6) is -0.756. The molecular weight excluding hydrogens is 266 g/mol. The van der Waals surface area contributed by atoms with Crippen molar-refractivity contribution in [1.29, 1.82) is 0 Å². The highest BCUT2D eigenvalue weighted by Gasteiger charge is 2.27. The number of phenolic OH excluding ortho intramolecular Hbond substituents is 2. The third-order valence-corrected chi connectivity index (χ3v) is 3.83. The predicted molar refractivity (Wildman–Crippen MR) is 80.9 cm³/mol. The molecule has 4 heteroatoms. The lowest BCUT2D eigenvalue weighted by Crippen LogP contribution is -2.35. The molecule has 0 spiro atoms. The molecule has 21 heavy (non-hydrogen) atoms. The zero-order valence-corrected chi connectivity index (χ0v) is 11.8. The SMILES string of the molecule is Cc1ccc2c(c1)CCCN2C(=O)c1c(O)cccc1O. The number of carbonyl (C=O) groups excluding carboxylic acids is 1. The fourth-order valence-electron chi connectivity index (χ4n) is 2.82. The van der Waals surface area contributed by atoms with Crippen LogP contribution in [0.2, 0.25) is 0 Å². The number of phenols is 2. The van der Waals surface area contributed by atoms with Crippen molar-refractivity contribution in [1.82, 2.24) is 0 Å². The van der Waals surface area contributed by atoms with Gasteiger partial charge in [-0.15, -0.1) is 0 Å². The topological polar surface area (TPSA) is 60.8 Å². The molecule has 0 atom stereocenters. The Morgan fingerprint density at radius 2 is 1.86 bits per heavy atom. The van der Waals surface area contributed by atoms with Gasteiger partial charge in [-0.1, -0.05) is 23.8 Å². The van der Waals surface area contributed by atoms with Crippen molar-refractivity contribution in [3.8, 4) is 11.5 Å². The average molecular weight is 283 g/mol. The predicted octanol–water partition coefficient (Wildman–Crippen LogP) is 3.00. The first-order valence-electron chi connectivity index (χ1n) is 7.00. The Labute approximate surface area is 123 Å². The maximum atomic E-state index is 12.7. The highest BCUT2D eigenvalue weighted by molar-refractivity contribution is 6.10. The zero-order valence-electron chi connectivity index (χ0n) is 11.8. The third kappa shape index (κ3) is 2.33. The molecule has 108 valence electrons. The first-order chi connectivity index (χ1) is 10.1. The van der Waals surface area contributed by atoms with Crippen LogP contribution in [-0.2, 0) is 6.42 Å². The van der Waals surface area contributed by atoms with Crippen molar-refractivity contribution in [3.05, 3.63) is 53.1 Å². The molecule has 0 saturated heterocycles. The molecule has 2 aromatic carbocycles. The highest BCUT2D eigenvalue weighted by Crippen LogP contribution is 2.33. The molecule has 0 radical (unpaired) electrons. The van der Waals surface area contributed by atoms with Crippen LogP contribution in [0.4, 0.5) is 5.69 Å². The van der Waals surface area contributed by atoms with E-state index in [0.717, 1.165) is 29.7 Å². The summed E-state index contributed by atoms with van der Waals surface area (Å²) in [5.41, 5.74) is 3.11. The normalized spacial score (nSPS) is 13.9. The number of rotatable bonds is 1. The molecule has 2 N–H and O–H groups in total. The van der Waals surface area contributed by atoms with E-state index in [1.165, 1.54) is 18.2 Å². The Hall–Kier alpha value is -2.49. The molecule has 2 aromatic rings. The van der Waals surface area contributed by atoms with Crippen molar-refractivity contribution in [3.63, 3.8) is 0 Å². The maximum absolute atomic E-state index is 12.7. The van der Waals surface area contributed by atoms with Crippen LogP contribution in [0.5, 0.6) is 11.5 Å². The monoisotopic (exact) mass is 283 g/mol. The minimum Gasteiger partial charge on any atom is -0.507 e. The number of anilines is 1. The van der Waals surface area contributed by atoms with Gasteiger partial charge in [-0.3, -0.25) is 4.79 Å². The van der Waals surface area contributed by atoms with E-state index in [0.29, 0.717) is 6.54 Å². The van der Waals surface area contributed by atoms with Crippen LogP contribution in [0, 0.1) is 6.92 Å². The van der Waals surface area contributed by atoms with Crippen molar-refractivity contribution in [2.75, 3.05) is 11.4 Å². The molecule has 3 rings (SSSR count). The van der Waals surface area contributed by atoms with E-state index >= 15 is 0 Å². The Balaban J connectivity index is 2.05. The Morgan fingerprint density at radius 1 is 1.14 bits per heavy atom. The standard InChI is InChI=1S/C17H17NO3/c1-11-7-8-13-12(10-11)4-3-9-18(13)17(21)16-14(19)5-2-6-15(16)20/h2,5-8,10,19-20H,3-4,9H2,1H3. The summed E-state index contributed by atoms with van der Waals surface area (Å²) in [6.07, 6.45) is 1.81. The van der Waals surface area contributed by atoms with Crippen LogP contribution in [0.1, 0.15) is 27.9 Å². The van der Waals surface area contributed by atoms with E-state index in [9.17, 15) is 15.0 Å². The van der Waals surface area contributed by atoms with Crippen LogP contribution in [0.25, 0.3) is 0 Å². The van der Waals surface area contributed by atoms with Gasteiger partial charge in [0.25, 0.3) is 5.91 Å². The number of fused-ring (bicyclic) bond motifs is 1. The molecule has 1 amide bonds. The third-order valence-electron chi connectivity index (χ3n) is 3.83. The van der Waals surface area contributed by atoms with Gasteiger partial charge in [-0.25, -0.2) is 0 Å². The number of benzene rings is 2. The number of carbonyl (C=O) groups is 1. The summed E-state index contributed by atoms with van der Waals surface area (Å²) >= 11 is 0. The number of aryl methyl sites for hydroxylation is 2. The lowest BCUT2D eigenvalue weighted by molar-refractivity contribution is 0.0980. The number of amides is 1. The smallest absolute Gasteiger partial charge is 0.265 e. The van der Waals surface area contributed by atoms with Crippen molar-refractivity contribution in [2.45, 2.75) is 19.8 Å². The van der Waals surface area contributed by atoms with E-state index in [2.05, 4.69) is 6.07 Å². The van der Waals surface area contributed by atoms with Gasteiger partial charge in [0.05, 0.1) is 0 Å². The summed E-state index contributed by atoms with van der Waals surface area (Å²) in [7, 11) is 0. The van der Waals surface area contributed by atoms with E-state index < -0.39 is 0 Å². The fourth-order valence-corrected chi connectivity index (χ4v) is 2.82. The van der Waals surface area contributed by atoms with E-state index in [1.807, 2.05) is 19.1 Å². The van der Waals surface area contributed by atoms with Gasteiger partial charge in [-0.2, -0.15) is 0 Å². The Bertz CT molecular complexity index is 689. The molecule has 1 heterocycles. The van der Waals surface area contributed by atoms with Gasteiger partial charge >= 0.3 is 0 Å². The fraction of sp³-hybridized carbons (Fsp3) is 0.235. The highest BCUT2D eigenvalue weighted by atomic mass is 16.3. The van der Waals surface area contributed by atoms with Crippen LogP contribution >= 0.6 is 0 Å². The lowest BCUT2D eigenvalue weighted by Gasteiger charge is -2.30. The van der Waals surface area contributed by atoms with E-state index in [4.69, 9.17) is 0 Å². The second kappa shape index (κ2) is 5.13. The summed E-state index contributed by atoms with van der Waals surface area (Å²) in [6, 6.07) is 10.3. The molecule has 1 aliphatic rings. The molecule has 1 aliphatic heterocycles. The Morgan fingerprint density at radius 3 is 2.57 bits per heavy atom. The first kappa shape index (κ1) is 13.5. The molecule has 0 saturated carbocycles.